The maximum absolute atomic E-state index is 12.1. The third kappa shape index (κ3) is 8.02. The normalized spacial score (nSPS) is 11.5. The van der Waals surface area contributed by atoms with Crippen molar-refractivity contribution >= 4 is 29.0 Å². The van der Waals surface area contributed by atoms with E-state index in [1.54, 1.807) is 0 Å². The van der Waals surface area contributed by atoms with E-state index in [4.69, 9.17) is 9.15 Å². The van der Waals surface area contributed by atoms with Crippen molar-refractivity contribution in [2.75, 3.05) is 0 Å². The van der Waals surface area contributed by atoms with Crippen LogP contribution in [0.15, 0.2) is 88.1 Å². The van der Waals surface area contributed by atoms with E-state index in [0.29, 0.717) is 16.7 Å². The van der Waals surface area contributed by atoms with Gasteiger partial charge >= 0.3 is 11.9 Å². The molecule has 0 radical (unpaired) electrons. The summed E-state index contributed by atoms with van der Waals surface area (Å²) in [5.74, 6) is -5.23. The lowest BCUT2D eigenvalue weighted by Gasteiger charge is -2.13. The molecule has 0 aliphatic heterocycles. The summed E-state index contributed by atoms with van der Waals surface area (Å²) in [5.41, 5.74) is 0.253. The smallest absolute Gasteiger partial charge is 0.345 e. The average molecular weight is 647 g/mol. The van der Waals surface area contributed by atoms with Crippen LogP contribution in [0.4, 0.5) is 0 Å². The first kappa shape index (κ1) is 33.1. The van der Waals surface area contributed by atoms with Crippen LogP contribution in [0.5, 0.6) is 46.0 Å². The Hall–Kier alpha value is -6.83. The van der Waals surface area contributed by atoms with Gasteiger partial charge in [-0.25, -0.2) is 9.59 Å². The zero-order valence-electron chi connectivity index (χ0n) is 23.9. The van der Waals surface area contributed by atoms with Gasteiger partial charge in [0.1, 0.15) is 28.2 Å². The molecule has 5 aromatic rings. The second kappa shape index (κ2) is 13.9. The van der Waals surface area contributed by atoms with Crippen LogP contribution in [0, 0.1) is 0 Å². The Morgan fingerprint density at radius 3 is 1.98 bits per heavy atom. The second-order valence-corrected chi connectivity index (χ2v) is 9.87. The Kier molecular flexibility index (Phi) is 9.75. The molecule has 1 aromatic heterocycles. The van der Waals surface area contributed by atoms with E-state index < -0.39 is 40.7 Å². The van der Waals surface area contributed by atoms with Crippen molar-refractivity contribution in [2.24, 2.45) is 0 Å². The molecule has 1 heterocycles. The number of fused-ring (bicyclic) bond motifs is 1. The summed E-state index contributed by atoms with van der Waals surface area (Å²) in [6.45, 7) is 0. The zero-order chi connectivity index (χ0) is 34.4. The monoisotopic (exact) mass is 646 g/mol. The molecule has 14 heteroatoms. The van der Waals surface area contributed by atoms with E-state index in [0.717, 1.165) is 12.1 Å². The van der Waals surface area contributed by atoms with Crippen LogP contribution in [0.1, 0.15) is 11.1 Å². The van der Waals surface area contributed by atoms with Gasteiger partial charge in [0.2, 0.25) is 17.3 Å². The molecular formula is C33H26O14. The van der Waals surface area contributed by atoms with Gasteiger partial charge in [0, 0.05) is 30.2 Å². The van der Waals surface area contributed by atoms with Gasteiger partial charge in [-0.15, -0.1) is 0 Å². The second-order valence-electron chi connectivity index (χ2n) is 9.87. The van der Waals surface area contributed by atoms with E-state index in [9.17, 15) is 60.3 Å². The number of phenolic OH excluding ortho intramolecular Hbond substituents is 7. The minimum atomic E-state index is -1.50. The largest absolute Gasteiger partial charge is 0.508 e. The molecule has 0 amide bonds. The lowest BCUT2D eigenvalue weighted by atomic mass is 10.1. The third-order valence-electron chi connectivity index (χ3n) is 6.47. The van der Waals surface area contributed by atoms with Crippen LogP contribution >= 0.6 is 0 Å². The summed E-state index contributed by atoms with van der Waals surface area (Å²) >= 11 is 0. The topological polar surface area (TPSA) is 256 Å². The SMILES string of the molecule is O=C(/C=C/c1ccc(O)c(O)c1)OC(Cc1ccc(O)c(O)c1)C(=O)O.O=c1c(O)c(-c2ccc(O)cc2)oc2cc(O)cc(O)c12. The van der Waals surface area contributed by atoms with Gasteiger partial charge < -0.3 is 55.1 Å². The Morgan fingerprint density at radius 2 is 1.36 bits per heavy atom. The molecule has 14 nitrogen and oxygen atoms in total. The highest BCUT2D eigenvalue weighted by molar-refractivity contribution is 5.89. The molecule has 1 unspecified atom stereocenters. The quantitative estimate of drug-likeness (QED) is 0.0687. The lowest BCUT2D eigenvalue weighted by Crippen LogP contribution is -2.28. The van der Waals surface area contributed by atoms with Crippen LogP contribution < -0.4 is 5.43 Å². The highest BCUT2D eigenvalue weighted by Crippen LogP contribution is 2.35. The molecule has 9 N–H and O–H groups in total. The predicted molar refractivity (Wildman–Crippen MR) is 164 cm³/mol. The fourth-order valence-electron chi connectivity index (χ4n) is 4.16. The molecule has 0 fully saturated rings. The first-order chi connectivity index (χ1) is 22.2. The molecule has 47 heavy (non-hydrogen) atoms. The highest BCUT2D eigenvalue weighted by Gasteiger charge is 2.22. The fourth-order valence-corrected chi connectivity index (χ4v) is 4.16. The molecule has 0 aliphatic rings. The van der Waals surface area contributed by atoms with Gasteiger partial charge in [-0.05, 0) is 65.7 Å². The number of benzene rings is 4. The number of phenols is 7. The Bertz CT molecular complexity index is 2040. The number of hydrogen-bond acceptors (Lipinski definition) is 13. The summed E-state index contributed by atoms with van der Waals surface area (Å²) < 4.78 is 10.3. The molecule has 5 rings (SSSR count). The van der Waals surface area contributed by atoms with Crippen LogP contribution in [0.2, 0.25) is 0 Å². The van der Waals surface area contributed by atoms with Crippen molar-refractivity contribution in [1.82, 2.24) is 0 Å². The molecule has 1 atom stereocenters. The van der Waals surface area contributed by atoms with Crippen molar-refractivity contribution in [3.8, 4) is 57.3 Å². The highest BCUT2D eigenvalue weighted by atomic mass is 16.6. The van der Waals surface area contributed by atoms with Gasteiger partial charge in [-0.3, -0.25) is 4.79 Å². The van der Waals surface area contributed by atoms with E-state index in [1.165, 1.54) is 72.8 Å². The number of carboxylic acids is 1. The van der Waals surface area contributed by atoms with Crippen molar-refractivity contribution < 1.29 is 64.7 Å². The number of aliphatic carboxylic acids is 1. The van der Waals surface area contributed by atoms with Crippen LogP contribution in [0.25, 0.3) is 28.4 Å². The van der Waals surface area contributed by atoms with Gasteiger partial charge in [-0.2, -0.15) is 0 Å². The number of rotatable bonds is 7. The van der Waals surface area contributed by atoms with Gasteiger partial charge in [0.05, 0.1) is 0 Å². The van der Waals surface area contributed by atoms with Crippen molar-refractivity contribution in [3.05, 3.63) is 100 Å². The number of carbonyl (C=O) groups is 2. The number of ether oxygens (including phenoxy) is 1. The molecule has 4 aromatic carbocycles. The zero-order valence-corrected chi connectivity index (χ0v) is 23.9. The van der Waals surface area contributed by atoms with E-state index in [1.807, 2.05) is 0 Å². The van der Waals surface area contributed by atoms with Crippen molar-refractivity contribution in [2.45, 2.75) is 12.5 Å². The molecule has 0 saturated carbocycles. The van der Waals surface area contributed by atoms with Crippen molar-refractivity contribution in [1.29, 1.82) is 0 Å². The first-order valence-electron chi connectivity index (χ1n) is 13.4. The summed E-state index contributed by atoms with van der Waals surface area (Å²) in [4.78, 5) is 35.2. The van der Waals surface area contributed by atoms with E-state index in [2.05, 4.69) is 0 Å². The third-order valence-corrected chi connectivity index (χ3v) is 6.47. The Morgan fingerprint density at radius 1 is 0.723 bits per heavy atom. The first-order valence-corrected chi connectivity index (χ1v) is 13.4. The van der Waals surface area contributed by atoms with Gasteiger partial charge in [0.15, 0.2) is 28.8 Å². The number of esters is 1. The van der Waals surface area contributed by atoms with E-state index >= 15 is 0 Å². The Balaban J connectivity index is 0.000000217. The van der Waals surface area contributed by atoms with Crippen molar-refractivity contribution in [3.63, 3.8) is 0 Å². The standard InChI is InChI=1S/C18H16O8.C15H10O6/c19-12-4-1-10(7-14(12)21)3-6-17(23)26-16(18(24)25)9-11-2-5-13(20)15(22)8-11;16-8-3-1-7(2-4-8)15-14(20)13(19)12-10(18)5-9(17)6-11(12)21-15/h1-8,16,19-22H,9H2,(H,24,25);1-6,16-18,20H/b6-3+;. The molecule has 0 spiro atoms. The van der Waals surface area contributed by atoms with Gasteiger partial charge in [-0.1, -0.05) is 12.1 Å². The summed E-state index contributed by atoms with van der Waals surface area (Å²) in [7, 11) is 0. The Labute approximate surface area is 263 Å². The van der Waals surface area contributed by atoms with Crippen LogP contribution in [0.3, 0.4) is 0 Å². The molecular weight excluding hydrogens is 620 g/mol. The summed E-state index contributed by atoms with van der Waals surface area (Å²) in [5, 5.41) is 84.6. The maximum Gasteiger partial charge on any atom is 0.345 e. The molecule has 0 saturated heterocycles. The van der Waals surface area contributed by atoms with Gasteiger partial charge in [0.25, 0.3) is 0 Å². The number of hydrogen-bond donors (Lipinski definition) is 9. The minimum absolute atomic E-state index is 0.0247. The summed E-state index contributed by atoms with van der Waals surface area (Å²) in [6, 6.07) is 15.5. The molecule has 0 aliphatic carbocycles. The van der Waals surface area contributed by atoms with Crippen LogP contribution in [-0.4, -0.2) is 64.0 Å². The predicted octanol–water partition coefficient (Wildman–Crippen LogP) is 4.04. The molecule has 242 valence electrons. The maximum atomic E-state index is 12.1. The number of carboxylic acid groups (broad SMARTS) is 1. The average Bonchev–Trinajstić information content (AvgIpc) is 3.01. The number of carbonyl (C=O) groups excluding carboxylic acids is 1. The number of aromatic hydroxyl groups is 8. The molecule has 0 bridgehead atoms. The fraction of sp³-hybridized carbons (Fsp3) is 0.0606. The minimum Gasteiger partial charge on any atom is -0.508 e. The summed E-state index contributed by atoms with van der Waals surface area (Å²) in [6.07, 6.45) is 0.565. The van der Waals surface area contributed by atoms with E-state index in [-0.39, 0.29) is 51.9 Å². The lowest BCUT2D eigenvalue weighted by molar-refractivity contribution is -0.160. The van der Waals surface area contributed by atoms with Crippen LogP contribution in [-0.2, 0) is 20.7 Å².